The lowest BCUT2D eigenvalue weighted by Gasteiger charge is -2.22. The molecule has 2 aliphatic rings. The topological polar surface area (TPSA) is 72.5 Å². The van der Waals surface area contributed by atoms with Crippen molar-refractivity contribution >= 4 is 17.4 Å². The van der Waals surface area contributed by atoms with Gasteiger partial charge in [0.25, 0.3) is 5.91 Å². The van der Waals surface area contributed by atoms with Gasteiger partial charge in [0.15, 0.2) is 0 Å². The minimum Gasteiger partial charge on any atom is -0.322 e. The van der Waals surface area contributed by atoms with Crippen LogP contribution >= 0.6 is 0 Å². The fourth-order valence-electron chi connectivity index (χ4n) is 4.96. The number of alkyl halides is 3. The van der Waals surface area contributed by atoms with Gasteiger partial charge in [0.2, 0.25) is 0 Å². The van der Waals surface area contributed by atoms with E-state index in [1.54, 1.807) is 24.4 Å². The van der Waals surface area contributed by atoms with Crippen LogP contribution in [0, 0.1) is 18.8 Å². The summed E-state index contributed by atoms with van der Waals surface area (Å²) in [6, 6.07) is 11.3. The van der Waals surface area contributed by atoms with Gasteiger partial charge in [-0.2, -0.15) is 13.2 Å². The molecule has 1 saturated heterocycles. The number of amides is 1. The van der Waals surface area contributed by atoms with Crippen molar-refractivity contribution < 1.29 is 18.0 Å². The Morgan fingerprint density at radius 2 is 2.00 bits per heavy atom. The summed E-state index contributed by atoms with van der Waals surface area (Å²) in [6.45, 7) is 4.21. The van der Waals surface area contributed by atoms with Crippen molar-refractivity contribution in [1.82, 2.24) is 20.2 Å². The van der Waals surface area contributed by atoms with Gasteiger partial charge in [-0.3, -0.25) is 9.69 Å². The number of aryl methyl sites for hydroxylation is 1. The fourth-order valence-corrected chi connectivity index (χ4v) is 4.96. The maximum Gasteiger partial charge on any atom is 0.416 e. The van der Waals surface area contributed by atoms with E-state index in [0.29, 0.717) is 23.7 Å². The molecule has 0 radical (unpaired) electrons. The first-order valence-electron chi connectivity index (χ1n) is 13.1. The molecule has 0 spiro atoms. The zero-order valence-electron chi connectivity index (χ0n) is 22.6. The van der Waals surface area contributed by atoms with Gasteiger partial charge in [-0.15, -0.1) is 0 Å². The van der Waals surface area contributed by atoms with Gasteiger partial charge in [0.05, 0.1) is 5.56 Å². The van der Waals surface area contributed by atoms with Gasteiger partial charge in [-0.1, -0.05) is 24.0 Å². The molecule has 208 valence electrons. The standard InChI is InChI=1S/C30H31F3N6O/c1-19-4-6-22(13-21(19)7-5-20-12-24-16-35-37-28(24)34-15-20)29(40)36-25-9-8-23(27(14-25)30(31,32)33)17-39-11-10-26(18-39)38(2)3/h4,6,8-9,12-15,26,35H,10-11,16-18H2,1-3H3,(H,34,37)(H,36,40)/t26-/m0/s1. The van der Waals surface area contributed by atoms with Crippen LogP contribution < -0.4 is 16.2 Å². The zero-order valence-corrected chi connectivity index (χ0v) is 22.6. The third-order valence-electron chi connectivity index (χ3n) is 7.34. The van der Waals surface area contributed by atoms with E-state index in [0.717, 1.165) is 48.1 Å². The summed E-state index contributed by atoms with van der Waals surface area (Å²) in [5.41, 5.74) is 9.11. The first-order chi connectivity index (χ1) is 19.1. The van der Waals surface area contributed by atoms with Crippen LogP contribution in [0.3, 0.4) is 0 Å². The van der Waals surface area contributed by atoms with Gasteiger partial charge in [0, 0.05) is 66.4 Å². The molecular formula is C30H31F3N6O. The Labute approximate surface area is 231 Å². The number of rotatable bonds is 5. The SMILES string of the molecule is Cc1ccc(C(=O)Nc2ccc(CN3CC[C@H](N(C)C)C3)c(C(F)(F)F)c2)cc1C#Cc1cnc2c(c1)CNN2. The molecule has 0 aliphatic carbocycles. The number of nitrogens with zero attached hydrogens (tertiary/aromatic N) is 3. The number of nitrogens with one attached hydrogen (secondary N) is 3. The molecule has 5 rings (SSSR count). The molecule has 2 aliphatic heterocycles. The molecular weight excluding hydrogens is 517 g/mol. The van der Waals surface area contributed by atoms with E-state index in [1.165, 1.54) is 12.1 Å². The highest BCUT2D eigenvalue weighted by Crippen LogP contribution is 2.35. The Bertz CT molecular complexity index is 1490. The molecule has 3 N–H and O–H groups in total. The van der Waals surface area contributed by atoms with Gasteiger partial charge in [0.1, 0.15) is 5.82 Å². The number of benzene rings is 2. The molecule has 1 amide bonds. The summed E-state index contributed by atoms with van der Waals surface area (Å²) in [5.74, 6) is 6.45. The van der Waals surface area contributed by atoms with Crippen LogP contribution in [0.4, 0.5) is 24.7 Å². The molecule has 1 atom stereocenters. The minimum absolute atomic E-state index is 0.0910. The van der Waals surface area contributed by atoms with E-state index in [-0.39, 0.29) is 17.8 Å². The Morgan fingerprint density at radius 1 is 1.18 bits per heavy atom. The monoisotopic (exact) mass is 548 g/mol. The summed E-state index contributed by atoms with van der Waals surface area (Å²) in [5, 5.41) is 2.63. The number of pyridine rings is 1. The molecule has 0 saturated carbocycles. The van der Waals surface area contributed by atoms with Crippen molar-refractivity contribution in [2.75, 3.05) is 37.9 Å². The van der Waals surface area contributed by atoms with Crippen LogP contribution in [0.2, 0.25) is 0 Å². The Morgan fingerprint density at radius 3 is 2.75 bits per heavy atom. The quantitative estimate of drug-likeness (QED) is 0.404. The van der Waals surface area contributed by atoms with E-state index in [4.69, 9.17) is 0 Å². The van der Waals surface area contributed by atoms with Crippen molar-refractivity contribution in [3.63, 3.8) is 0 Å². The first-order valence-corrected chi connectivity index (χ1v) is 13.1. The molecule has 0 bridgehead atoms. The number of fused-ring (bicyclic) bond motifs is 1. The van der Waals surface area contributed by atoms with Crippen LogP contribution in [0.25, 0.3) is 0 Å². The lowest BCUT2D eigenvalue weighted by Crippen LogP contribution is -2.31. The van der Waals surface area contributed by atoms with Crippen molar-refractivity contribution in [3.05, 3.63) is 87.6 Å². The predicted molar refractivity (Wildman–Crippen MR) is 149 cm³/mol. The predicted octanol–water partition coefficient (Wildman–Crippen LogP) is 4.63. The number of likely N-dealkylation sites (tertiary alicyclic amines) is 1. The first kappa shape index (κ1) is 27.6. The van der Waals surface area contributed by atoms with Crippen LogP contribution in [-0.4, -0.2) is 53.9 Å². The second-order valence-electron chi connectivity index (χ2n) is 10.5. The molecule has 10 heteroatoms. The largest absolute Gasteiger partial charge is 0.416 e. The number of aromatic nitrogens is 1. The van der Waals surface area contributed by atoms with Crippen molar-refractivity contribution in [1.29, 1.82) is 0 Å². The smallest absolute Gasteiger partial charge is 0.322 e. The Kier molecular flexibility index (Phi) is 7.81. The zero-order chi connectivity index (χ0) is 28.4. The molecule has 0 unspecified atom stereocenters. The van der Waals surface area contributed by atoms with Gasteiger partial charge in [-0.05, 0) is 68.9 Å². The Balaban J connectivity index is 1.32. The summed E-state index contributed by atoms with van der Waals surface area (Å²) < 4.78 is 42.0. The molecule has 3 heterocycles. The summed E-state index contributed by atoms with van der Waals surface area (Å²) in [7, 11) is 3.97. The normalized spacial score (nSPS) is 16.8. The maximum absolute atomic E-state index is 14.0. The van der Waals surface area contributed by atoms with E-state index in [9.17, 15) is 18.0 Å². The van der Waals surface area contributed by atoms with Gasteiger partial charge < -0.3 is 15.6 Å². The molecule has 1 aromatic heterocycles. The number of halogens is 3. The van der Waals surface area contributed by atoms with Crippen LogP contribution in [-0.2, 0) is 19.3 Å². The summed E-state index contributed by atoms with van der Waals surface area (Å²) >= 11 is 0. The highest BCUT2D eigenvalue weighted by Gasteiger charge is 2.35. The minimum atomic E-state index is -4.54. The number of carbonyl (C=O) groups is 1. The highest BCUT2D eigenvalue weighted by atomic mass is 19.4. The number of likely N-dealkylation sites (N-methyl/N-ethyl adjacent to an activating group) is 1. The molecule has 40 heavy (non-hydrogen) atoms. The third-order valence-corrected chi connectivity index (χ3v) is 7.34. The number of hydrogen-bond acceptors (Lipinski definition) is 6. The number of anilines is 2. The number of hydrazine groups is 1. The summed E-state index contributed by atoms with van der Waals surface area (Å²) in [6.07, 6.45) is -1.95. The van der Waals surface area contributed by atoms with Crippen LogP contribution in [0.1, 0.15) is 50.2 Å². The third kappa shape index (κ3) is 6.28. The van der Waals surface area contributed by atoms with Gasteiger partial charge in [-0.25, -0.2) is 10.4 Å². The Hall–Kier alpha value is -3.91. The summed E-state index contributed by atoms with van der Waals surface area (Å²) in [4.78, 5) is 21.5. The molecule has 2 aromatic carbocycles. The molecule has 1 fully saturated rings. The van der Waals surface area contributed by atoms with E-state index in [2.05, 4.69) is 37.9 Å². The average Bonchev–Trinajstić information content (AvgIpc) is 3.58. The van der Waals surface area contributed by atoms with Crippen LogP contribution in [0.15, 0.2) is 48.7 Å². The van der Waals surface area contributed by atoms with Crippen molar-refractivity contribution in [3.8, 4) is 11.8 Å². The fraction of sp³-hybridized carbons (Fsp3) is 0.333. The van der Waals surface area contributed by atoms with E-state index >= 15 is 0 Å². The van der Waals surface area contributed by atoms with Gasteiger partial charge >= 0.3 is 6.18 Å². The van der Waals surface area contributed by atoms with Crippen LogP contribution in [0.5, 0.6) is 0 Å². The molecule has 7 nitrogen and oxygen atoms in total. The molecule has 3 aromatic rings. The lowest BCUT2D eigenvalue weighted by atomic mass is 10.0. The number of hydrogen-bond donors (Lipinski definition) is 3. The van der Waals surface area contributed by atoms with E-state index < -0.39 is 17.6 Å². The second kappa shape index (κ2) is 11.3. The lowest BCUT2D eigenvalue weighted by molar-refractivity contribution is -0.138. The maximum atomic E-state index is 14.0. The van der Waals surface area contributed by atoms with Crippen molar-refractivity contribution in [2.45, 2.75) is 38.7 Å². The highest BCUT2D eigenvalue weighted by molar-refractivity contribution is 6.04. The van der Waals surface area contributed by atoms with E-state index in [1.807, 2.05) is 32.0 Å². The van der Waals surface area contributed by atoms with Crippen molar-refractivity contribution in [2.24, 2.45) is 0 Å². The average molecular weight is 549 g/mol. The number of carbonyl (C=O) groups excluding carboxylic acids is 1. The second-order valence-corrected chi connectivity index (χ2v) is 10.5.